The number of hydrogen-bond acceptors (Lipinski definition) is 1. The van der Waals surface area contributed by atoms with Gasteiger partial charge in [-0.25, -0.2) is 0 Å². The van der Waals surface area contributed by atoms with Gasteiger partial charge in [0.2, 0.25) is 5.91 Å². The molecule has 1 N–H and O–H groups in total. The second-order valence-corrected chi connectivity index (χ2v) is 3.98. The first kappa shape index (κ1) is 9.25. The summed E-state index contributed by atoms with van der Waals surface area (Å²) in [4.78, 5) is 11.7. The minimum atomic E-state index is 0.152. The summed E-state index contributed by atoms with van der Waals surface area (Å²) < 4.78 is 0. The van der Waals surface area contributed by atoms with Gasteiger partial charge in [-0.1, -0.05) is 25.1 Å². The van der Waals surface area contributed by atoms with E-state index in [0.29, 0.717) is 5.92 Å². The minimum absolute atomic E-state index is 0.152. The van der Waals surface area contributed by atoms with Gasteiger partial charge in [-0.15, -0.1) is 0 Å². The largest absolute Gasteiger partial charge is 0.326 e. The molecule has 0 spiro atoms. The first-order chi connectivity index (χ1) is 6.77. The van der Waals surface area contributed by atoms with Crippen LogP contribution in [0.1, 0.15) is 19.8 Å². The summed E-state index contributed by atoms with van der Waals surface area (Å²) in [5.74, 6) is 0.938. The van der Waals surface area contributed by atoms with Crippen LogP contribution in [0.2, 0.25) is 0 Å². The molecule has 0 saturated heterocycles. The number of nitrogens with one attached hydrogen (secondary N) is 1. The van der Waals surface area contributed by atoms with E-state index in [4.69, 9.17) is 0 Å². The van der Waals surface area contributed by atoms with Gasteiger partial charge in [0.05, 0.1) is 0 Å². The van der Waals surface area contributed by atoms with Gasteiger partial charge in [-0.3, -0.25) is 4.79 Å². The lowest BCUT2D eigenvalue weighted by Gasteiger charge is -2.10. The van der Waals surface area contributed by atoms with Crippen molar-refractivity contribution in [3.05, 3.63) is 30.3 Å². The zero-order valence-corrected chi connectivity index (χ0v) is 8.36. The molecular formula is C12H15NO. The van der Waals surface area contributed by atoms with Crippen molar-refractivity contribution in [2.45, 2.75) is 19.8 Å². The number of benzene rings is 1. The average Bonchev–Trinajstić information content (AvgIpc) is 3.01. The van der Waals surface area contributed by atoms with Crippen LogP contribution in [0.5, 0.6) is 0 Å². The molecule has 2 rings (SSSR count). The number of carbonyl (C=O) groups excluding carboxylic acids is 1. The van der Waals surface area contributed by atoms with Gasteiger partial charge >= 0.3 is 0 Å². The third kappa shape index (κ3) is 2.13. The van der Waals surface area contributed by atoms with Gasteiger partial charge in [-0.2, -0.15) is 0 Å². The molecule has 1 atom stereocenters. The summed E-state index contributed by atoms with van der Waals surface area (Å²) in [5.41, 5.74) is 0.894. The lowest BCUT2D eigenvalue weighted by atomic mass is 10.1. The molecule has 1 aromatic carbocycles. The topological polar surface area (TPSA) is 29.1 Å². The van der Waals surface area contributed by atoms with Gasteiger partial charge < -0.3 is 5.32 Å². The number of para-hydroxylation sites is 1. The highest BCUT2D eigenvalue weighted by Crippen LogP contribution is 2.36. The number of amides is 1. The Hall–Kier alpha value is -1.31. The predicted molar refractivity (Wildman–Crippen MR) is 57.0 cm³/mol. The fourth-order valence-electron chi connectivity index (χ4n) is 1.59. The van der Waals surface area contributed by atoms with E-state index in [2.05, 4.69) is 5.32 Å². The quantitative estimate of drug-likeness (QED) is 0.778. The maximum Gasteiger partial charge on any atom is 0.227 e. The van der Waals surface area contributed by atoms with Crippen LogP contribution in [0.25, 0.3) is 0 Å². The minimum Gasteiger partial charge on any atom is -0.326 e. The molecule has 2 heteroatoms. The first-order valence-corrected chi connectivity index (χ1v) is 5.13. The zero-order chi connectivity index (χ0) is 9.97. The summed E-state index contributed by atoms with van der Waals surface area (Å²) in [6.07, 6.45) is 2.42. The first-order valence-electron chi connectivity index (χ1n) is 5.13. The van der Waals surface area contributed by atoms with Crippen molar-refractivity contribution in [2.24, 2.45) is 11.8 Å². The highest BCUT2D eigenvalue weighted by atomic mass is 16.1. The summed E-state index contributed by atoms with van der Waals surface area (Å²) in [5, 5.41) is 2.92. The van der Waals surface area contributed by atoms with Gasteiger partial charge in [0.25, 0.3) is 0 Å². The Morgan fingerprint density at radius 3 is 2.57 bits per heavy atom. The van der Waals surface area contributed by atoms with Crippen molar-refractivity contribution in [1.82, 2.24) is 0 Å². The van der Waals surface area contributed by atoms with E-state index in [-0.39, 0.29) is 11.8 Å². The molecule has 1 aromatic rings. The molecule has 1 fully saturated rings. The van der Waals surface area contributed by atoms with E-state index in [1.165, 1.54) is 12.8 Å². The average molecular weight is 189 g/mol. The lowest BCUT2D eigenvalue weighted by Crippen LogP contribution is -2.21. The normalized spacial score (nSPS) is 17.5. The number of rotatable bonds is 3. The van der Waals surface area contributed by atoms with Gasteiger partial charge in [0.1, 0.15) is 0 Å². The fourth-order valence-corrected chi connectivity index (χ4v) is 1.59. The van der Waals surface area contributed by atoms with E-state index in [0.717, 1.165) is 5.69 Å². The molecule has 14 heavy (non-hydrogen) atoms. The molecule has 0 bridgehead atoms. The van der Waals surface area contributed by atoms with E-state index in [1.807, 2.05) is 37.3 Å². The molecule has 0 aliphatic heterocycles. The lowest BCUT2D eigenvalue weighted by molar-refractivity contribution is -0.119. The molecule has 1 aliphatic carbocycles. The summed E-state index contributed by atoms with van der Waals surface area (Å²) >= 11 is 0. The molecule has 1 amide bonds. The van der Waals surface area contributed by atoms with Crippen LogP contribution in [0.4, 0.5) is 5.69 Å². The number of anilines is 1. The Labute approximate surface area is 84.3 Å². The van der Waals surface area contributed by atoms with Crippen molar-refractivity contribution in [3.63, 3.8) is 0 Å². The maximum absolute atomic E-state index is 11.7. The second-order valence-electron chi connectivity index (χ2n) is 3.98. The highest BCUT2D eigenvalue weighted by molar-refractivity contribution is 5.92. The van der Waals surface area contributed by atoms with E-state index >= 15 is 0 Å². The second kappa shape index (κ2) is 3.82. The third-order valence-corrected chi connectivity index (χ3v) is 2.78. The smallest absolute Gasteiger partial charge is 0.227 e. The van der Waals surface area contributed by atoms with Crippen LogP contribution in [-0.2, 0) is 4.79 Å². The Balaban J connectivity index is 1.94. The van der Waals surface area contributed by atoms with Crippen molar-refractivity contribution < 1.29 is 4.79 Å². The zero-order valence-electron chi connectivity index (χ0n) is 8.36. The number of carbonyl (C=O) groups is 1. The van der Waals surface area contributed by atoms with Crippen molar-refractivity contribution in [2.75, 3.05) is 5.32 Å². The van der Waals surface area contributed by atoms with Gasteiger partial charge in [0.15, 0.2) is 0 Å². The monoisotopic (exact) mass is 189 g/mol. The number of hydrogen-bond donors (Lipinski definition) is 1. The van der Waals surface area contributed by atoms with E-state index in [1.54, 1.807) is 0 Å². The van der Waals surface area contributed by atoms with Crippen molar-refractivity contribution >= 4 is 11.6 Å². The SMILES string of the molecule is CC(C(=O)Nc1ccccc1)C1CC1. The molecule has 2 nitrogen and oxygen atoms in total. The van der Waals surface area contributed by atoms with Crippen LogP contribution in [-0.4, -0.2) is 5.91 Å². The molecular weight excluding hydrogens is 174 g/mol. The fraction of sp³-hybridized carbons (Fsp3) is 0.417. The van der Waals surface area contributed by atoms with Crippen LogP contribution in [0, 0.1) is 11.8 Å². The van der Waals surface area contributed by atoms with Crippen LogP contribution in [0.3, 0.4) is 0 Å². The Morgan fingerprint density at radius 2 is 2.00 bits per heavy atom. The summed E-state index contributed by atoms with van der Waals surface area (Å²) in [6, 6.07) is 9.63. The highest BCUT2D eigenvalue weighted by Gasteiger charge is 2.32. The molecule has 0 radical (unpaired) electrons. The van der Waals surface area contributed by atoms with Crippen molar-refractivity contribution in [3.8, 4) is 0 Å². The molecule has 0 aromatic heterocycles. The Morgan fingerprint density at radius 1 is 1.36 bits per heavy atom. The molecule has 1 unspecified atom stereocenters. The summed E-state index contributed by atoms with van der Waals surface area (Å²) in [7, 11) is 0. The van der Waals surface area contributed by atoms with Gasteiger partial charge in [-0.05, 0) is 30.9 Å². The molecule has 0 heterocycles. The van der Waals surface area contributed by atoms with Crippen molar-refractivity contribution in [1.29, 1.82) is 0 Å². The molecule has 1 aliphatic rings. The molecule has 1 saturated carbocycles. The third-order valence-electron chi connectivity index (χ3n) is 2.78. The van der Waals surface area contributed by atoms with E-state index in [9.17, 15) is 4.79 Å². The maximum atomic E-state index is 11.7. The van der Waals surface area contributed by atoms with Crippen LogP contribution < -0.4 is 5.32 Å². The van der Waals surface area contributed by atoms with Gasteiger partial charge in [0, 0.05) is 11.6 Å². The predicted octanol–water partition coefficient (Wildman–Crippen LogP) is 2.67. The molecule has 74 valence electrons. The standard InChI is InChI=1S/C12H15NO/c1-9(10-7-8-10)12(14)13-11-5-3-2-4-6-11/h2-6,9-10H,7-8H2,1H3,(H,13,14). The van der Waals surface area contributed by atoms with Crippen LogP contribution in [0.15, 0.2) is 30.3 Å². The van der Waals surface area contributed by atoms with Crippen LogP contribution >= 0.6 is 0 Å². The Kier molecular flexibility index (Phi) is 2.53. The summed E-state index contributed by atoms with van der Waals surface area (Å²) in [6.45, 7) is 2.01. The Bertz CT molecular complexity index is 316. The van der Waals surface area contributed by atoms with E-state index < -0.39 is 0 Å².